The van der Waals surface area contributed by atoms with Crippen molar-refractivity contribution in [2.24, 2.45) is 0 Å². The molecule has 0 fully saturated rings. The third-order valence-corrected chi connectivity index (χ3v) is 7.45. The molecule has 3 nitrogen and oxygen atoms in total. The monoisotopic (exact) mass is 413 g/mol. The number of hydrogen-bond donors (Lipinski definition) is 0. The summed E-state index contributed by atoms with van der Waals surface area (Å²) in [4.78, 5) is 1.31. The summed E-state index contributed by atoms with van der Waals surface area (Å²) in [6, 6.07) is 11.9. The van der Waals surface area contributed by atoms with Crippen LogP contribution in [-0.2, 0) is 22.9 Å². The van der Waals surface area contributed by atoms with E-state index in [0.717, 1.165) is 49.1 Å². The molecule has 2 rings (SSSR count). The van der Waals surface area contributed by atoms with Gasteiger partial charge in [-0.3, -0.25) is 0 Å². The van der Waals surface area contributed by atoms with Crippen LogP contribution in [0.15, 0.2) is 41.8 Å². The molecule has 0 bridgehead atoms. The number of aryl methyl sites for hydroxylation is 2. The van der Waals surface area contributed by atoms with Gasteiger partial charge < -0.3 is 0 Å². The van der Waals surface area contributed by atoms with Crippen LogP contribution in [0.4, 0.5) is 0 Å². The fraction of sp³-hybridized carbons (Fsp3) is 0.500. The van der Waals surface area contributed by atoms with Gasteiger partial charge >= 0.3 is 0 Å². The van der Waals surface area contributed by atoms with Crippen molar-refractivity contribution in [3.63, 3.8) is 0 Å². The highest BCUT2D eigenvalue weighted by Crippen LogP contribution is 2.15. The molecule has 26 heavy (non-hydrogen) atoms. The van der Waals surface area contributed by atoms with Crippen LogP contribution in [0.25, 0.3) is 0 Å². The van der Waals surface area contributed by atoms with Gasteiger partial charge in [0, 0.05) is 23.0 Å². The molecule has 0 N–H and O–H groups in total. The average molecular weight is 414 g/mol. The molecule has 144 valence electrons. The Kier molecular flexibility index (Phi) is 9.12. The fourth-order valence-electron chi connectivity index (χ4n) is 2.88. The minimum atomic E-state index is -3.18. The first-order chi connectivity index (χ1) is 12.5. The van der Waals surface area contributed by atoms with Gasteiger partial charge in [-0.25, -0.2) is 12.7 Å². The molecule has 0 aliphatic carbocycles. The molecule has 2 aromatic rings. The lowest BCUT2D eigenvalue weighted by Gasteiger charge is -2.22. The first-order valence-electron chi connectivity index (χ1n) is 9.26. The van der Waals surface area contributed by atoms with Gasteiger partial charge in [0.05, 0.1) is 5.75 Å². The Labute approximate surface area is 167 Å². The Morgan fingerprint density at radius 1 is 1.04 bits per heavy atom. The van der Waals surface area contributed by atoms with Gasteiger partial charge in [0.25, 0.3) is 0 Å². The molecule has 0 aliphatic heterocycles. The Morgan fingerprint density at radius 2 is 1.81 bits per heavy atom. The van der Waals surface area contributed by atoms with Crippen molar-refractivity contribution >= 4 is 33.0 Å². The molecule has 1 aromatic carbocycles. The maximum atomic E-state index is 12.7. The number of hydrogen-bond acceptors (Lipinski definition) is 3. The zero-order valence-electron chi connectivity index (χ0n) is 15.4. The molecule has 1 heterocycles. The molecular formula is C20H28ClNO2S2. The molecule has 0 saturated heterocycles. The number of thiophene rings is 1. The number of nitrogens with zero attached hydrogens (tertiary/aromatic N) is 1. The SMILES string of the molecule is CCCCS(=O)(=O)N(CCCc1cccc(Cl)c1)CCCc1cccs1. The second-order valence-electron chi connectivity index (χ2n) is 6.49. The van der Waals surface area contributed by atoms with E-state index < -0.39 is 10.0 Å². The van der Waals surface area contributed by atoms with E-state index in [0.29, 0.717) is 13.1 Å². The van der Waals surface area contributed by atoms with Crippen molar-refractivity contribution in [3.05, 3.63) is 57.2 Å². The van der Waals surface area contributed by atoms with Gasteiger partial charge in [-0.05, 0) is 61.2 Å². The predicted molar refractivity (Wildman–Crippen MR) is 113 cm³/mol. The first kappa shape index (κ1) is 21.4. The highest BCUT2D eigenvalue weighted by atomic mass is 35.5. The molecule has 0 atom stereocenters. The number of sulfonamides is 1. The number of rotatable bonds is 12. The van der Waals surface area contributed by atoms with Gasteiger partial charge in [-0.1, -0.05) is 43.1 Å². The Bertz CT molecular complexity index is 745. The lowest BCUT2D eigenvalue weighted by atomic mass is 10.1. The van der Waals surface area contributed by atoms with Crippen molar-refractivity contribution < 1.29 is 8.42 Å². The van der Waals surface area contributed by atoms with Gasteiger partial charge in [0.2, 0.25) is 10.0 Å². The Hall–Kier alpha value is -0.880. The second kappa shape index (κ2) is 11.1. The van der Waals surface area contributed by atoms with Crippen LogP contribution in [0.2, 0.25) is 5.02 Å². The molecule has 0 aliphatic rings. The molecular weight excluding hydrogens is 386 g/mol. The van der Waals surface area contributed by atoms with Crippen LogP contribution in [0.5, 0.6) is 0 Å². The standard InChI is InChI=1S/C20H28ClNO2S2/c1-2-3-16-26(23,24)22(14-6-11-20-12-7-15-25-20)13-5-9-18-8-4-10-19(21)17-18/h4,7-8,10,12,15,17H,2-3,5-6,9,11,13-14,16H2,1H3. The van der Waals surface area contributed by atoms with Crippen molar-refractivity contribution in [1.82, 2.24) is 4.31 Å². The lowest BCUT2D eigenvalue weighted by Crippen LogP contribution is -2.35. The van der Waals surface area contributed by atoms with E-state index in [1.54, 1.807) is 15.6 Å². The van der Waals surface area contributed by atoms with Crippen molar-refractivity contribution in [3.8, 4) is 0 Å². The van der Waals surface area contributed by atoms with Gasteiger partial charge in [-0.2, -0.15) is 0 Å². The maximum Gasteiger partial charge on any atom is 0.214 e. The summed E-state index contributed by atoms with van der Waals surface area (Å²) in [6.45, 7) is 3.19. The van der Waals surface area contributed by atoms with E-state index in [4.69, 9.17) is 11.6 Å². The van der Waals surface area contributed by atoms with Crippen LogP contribution < -0.4 is 0 Å². The summed E-state index contributed by atoms with van der Waals surface area (Å²) in [7, 11) is -3.18. The summed E-state index contributed by atoms with van der Waals surface area (Å²) >= 11 is 7.76. The van der Waals surface area contributed by atoms with Crippen molar-refractivity contribution in [2.45, 2.75) is 45.4 Å². The zero-order valence-corrected chi connectivity index (χ0v) is 17.8. The molecule has 6 heteroatoms. The van der Waals surface area contributed by atoms with Crippen LogP contribution >= 0.6 is 22.9 Å². The molecule has 0 unspecified atom stereocenters. The van der Waals surface area contributed by atoms with E-state index in [9.17, 15) is 8.42 Å². The normalized spacial score (nSPS) is 12.0. The topological polar surface area (TPSA) is 37.4 Å². The number of unbranched alkanes of at least 4 members (excludes halogenated alkanes) is 1. The second-order valence-corrected chi connectivity index (χ2v) is 10.0. The Morgan fingerprint density at radius 3 is 2.46 bits per heavy atom. The van der Waals surface area contributed by atoms with Crippen LogP contribution in [0, 0.1) is 0 Å². The average Bonchev–Trinajstić information content (AvgIpc) is 3.12. The first-order valence-corrected chi connectivity index (χ1v) is 12.1. The Balaban J connectivity index is 1.90. The quantitative estimate of drug-likeness (QED) is 0.467. The predicted octanol–water partition coefficient (Wildman–Crippen LogP) is 5.40. The van der Waals surface area contributed by atoms with E-state index >= 15 is 0 Å². The fourth-order valence-corrected chi connectivity index (χ4v) is 5.57. The van der Waals surface area contributed by atoms with Gasteiger partial charge in [0.1, 0.15) is 0 Å². The minimum Gasteiger partial charge on any atom is -0.212 e. The summed E-state index contributed by atoms with van der Waals surface area (Å²) in [6.07, 6.45) is 5.06. The van der Waals surface area contributed by atoms with Gasteiger partial charge in [-0.15, -0.1) is 11.3 Å². The largest absolute Gasteiger partial charge is 0.214 e. The maximum absolute atomic E-state index is 12.7. The smallest absolute Gasteiger partial charge is 0.212 e. The highest BCUT2D eigenvalue weighted by molar-refractivity contribution is 7.89. The van der Waals surface area contributed by atoms with Crippen LogP contribution in [-0.4, -0.2) is 31.6 Å². The summed E-state index contributed by atoms with van der Waals surface area (Å²) in [5, 5.41) is 2.79. The van der Waals surface area contributed by atoms with Crippen molar-refractivity contribution in [2.75, 3.05) is 18.8 Å². The van der Waals surface area contributed by atoms with E-state index in [-0.39, 0.29) is 5.75 Å². The zero-order chi connectivity index (χ0) is 18.8. The third kappa shape index (κ3) is 7.39. The van der Waals surface area contributed by atoms with Crippen LogP contribution in [0.1, 0.15) is 43.0 Å². The molecule has 1 aromatic heterocycles. The number of halogens is 1. The third-order valence-electron chi connectivity index (χ3n) is 4.32. The molecule has 0 saturated carbocycles. The van der Waals surface area contributed by atoms with Crippen LogP contribution in [0.3, 0.4) is 0 Å². The summed E-state index contributed by atoms with van der Waals surface area (Å²) in [5.74, 6) is 0.250. The van der Waals surface area contributed by atoms with Crippen molar-refractivity contribution in [1.29, 1.82) is 0 Å². The van der Waals surface area contributed by atoms with E-state index in [2.05, 4.69) is 11.4 Å². The molecule has 0 radical (unpaired) electrons. The molecule has 0 amide bonds. The molecule has 0 spiro atoms. The lowest BCUT2D eigenvalue weighted by molar-refractivity contribution is 0.398. The number of benzene rings is 1. The summed E-state index contributed by atoms with van der Waals surface area (Å²) < 4.78 is 27.1. The minimum absolute atomic E-state index is 0.250. The van der Waals surface area contributed by atoms with E-state index in [1.165, 1.54) is 4.88 Å². The van der Waals surface area contributed by atoms with E-state index in [1.807, 2.05) is 37.3 Å². The highest BCUT2D eigenvalue weighted by Gasteiger charge is 2.20. The van der Waals surface area contributed by atoms with Gasteiger partial charge in [0.15, 0.2) is 0 Å². The summed E-state index contributed by atoms with van der Waals surface area (Å²) in [5.41, 5.74) is 1.15.